The minimum absolute atomic E-state index is 0.0978. The highest BCUT2D eigenvalue weighted by Gasteiger charge is 2.19. The van der Waals surface area contributed by atoms with Gasteiger partial charge in [0.25, 0.3) is 5.56 Å². The average Bonchev–Trinajstić information content (AvgIpc) is 2.98. The van der Waals surface area contributed by atoms with E-state index in [4.69, 9.17) is 0 Å². The molecule has 2 aromatic carbocycles. The molecule has 6 heteroatoms. The quantitative estimate of drug-likeness (QED) is 0.651. The second-order valence-electron chi connectivity index (χ2n) is 7.92. The van der Waals surface area contributed by atoms with Gasteiger partial charge in [-0.3, -0.25) is 14.2 Å². The van der Waals surface area contributed by atoms with Crippen molar-refractivity contribution in [1.82, 2.24) is 4.57 Å². The summed E-state index contributed by atoms with van der Waals surface area (Å²) in [6.45, 7) is 5.63. The van der Waals surface area contributed by atoms with Crippen molar-refractivity contribution in [2.24, 2.45) is 5.41 Å². The van der Waals surface area contributed by atoms with Crippen molar-refractivity contribution in [3.63, 3.8) is 0 Å². The molecule has 0 fully saturated rings. The van der Waals surface area contributed by atoms with E-state index in [0.29, 0.717) is 25.9 Å². The molecule has 1 heterocycles. The van der Waals surface area contributed by atoms with Crippen LogP contribution in [0, 0.1) is 22.6 Å². The van der Waals surface area contributed by atoms with Crippen molar-refractivity contribution < 1.29 is 9.18 Å². The molecule has 0 bridgehead atoms. The van der Waals surface area contributed by atoms with Crippen molar-refractivity contribution in [2.75, 3.05) is 0 Å². The molecule has 1 aromatic heterocycles. The number of carbonyl (C=O) groups excluding carboxylic acids is 1. The highest BCUT2D eigenvalue weighted by atomic mass is 32.1. The standard InChI is InChI=1S/C24H21FN2O2S/c1-24(2,3)21(28)13-22-27(15-18-7-5-4-6-17(18)14-26)23(29)20(30-22)12-16-8-10-19(25)11-9-16/h4-13H,15H2,1-3H3/b20-12-,22-13-. The number of aromatic nitrogens is 1. The summed E-state index contributed by atoms with van der Waals surface area (Å²) in [5, 5.41) is 9.38. The van der Waals surface area contributed by atoms with Gasteiger partial charge in [-0.2, -0.15) is 5.26 Å². The first-order chi connectivity index (χ1) is 14.2. The maximum absolute atomic E-state index is 13.2. The van der Waals surface area contributed by atoms with Gasteiger partial charge in [-0.15, -0.1) is 11.3 Å². The van der Waals surface area contributed by atoms with Crippen LogP contribution in [-0.4, -0.2) is 10.4 Å². The Labute approximate surface area is 177 Å². The Morgan fingerprint density at radius 3 is 2.47 bits per heavy atom. The molecule has 0 N–H and O–H groups in total. The molecule has 4 nitrogen and oxygen atoms in total. The number of Topliss-reactive ketones (excluding diaryl/α,β-unsaturated/α-hetero) is 1. The zero-order valence-electron chi connectivity index (χ0n) is 17.0. The van der Waals surface area contributed by atoms with Crippen LogP contribution in [0.25, 0.3) is 12.2 Å². The number of hydrogen-bond acceptors (Lipinski definition) is 4. The van der Waals surface area contributed by atoms with Crippen molar-refractivity contribution in [1.29, 1.82) is 5.26 Å². The van der Waals surface area contributed by atoms with Crippen molar-refractivity contribution in [3.05, 3.63) is 90.6 Å². The zero-order chi connectivity index (χ0) is 21.9. The maximum Gasteiger partial charge on any atom is 0.269 e. The Hall–Kier alpha value is -3.30. The second kappa shape index (κ2) is 8.60. The lowest BCUT2D eigenvalue weighted by atomic mass is 9.91. The highest BCUT2D eigenvalue weighted by Crippen LogP contribution is 2.15. The fourth-order valence-electron chi connectivity index (χ4n) is 2.77. The fraction of sp³-hybridized carbons (Fsp3) is 0.208. The first-order valence-corrected chi connectivity index (χ1v) is 10.2. The number of ketones is 1. The van der Waals surface area contributed by atoms with Gasteiger partial charge >= 0.3 is 0 Å². The van der Waals surface area contributed by atoms with Crippen molar-refractivity contribution >= 4 is 29.3 Å². The maximum atomic E-state index is 13.2. The Morgan fingerprint density at radius 1 is 1.17 bits per heavy atom. The van der Waals surface area contributed by atoms with Crippen LogP contribution in [0.3, 0.4) is 0 Å². The summed E-state index contributed by atoms with van der Waals surface area (Å²) in [4.78, 5) is 25.8. The third-order valence-electron chi connectivity index (χ3n) is 4.56. The van der Waals surface area contributed by atoms with E-state index in [-0.39, 0.29) is 23.7 Å². The Morgan fingerprint density at radius 2 is 1.83 bits per heavy atom. The van der Waals surface area contributed by atoms with Gasteiger partial charge in [0.2, 0.25) is 0 Å². The van der Waals surface area contributed by atoms with Crippen molar-refractivity contribution in [2.45, 2.75) is 27.3 Å². The molecule has 3 aromatic rings. The Kier molecular flexibility index (Phi) is 6.14. The fourth-order valence-corrected chi connectivity index (χ4v) is 3.81. The molecule has 0 amide bonds. The predicted octanol–water partition coefficient (Wildman–Crippen LogP) is 3.19. The van der Waals surface area contributed by atoms with Gasteiger partial charge in [-0.25, -0.2) is 4.39 Å². The topological polar surface area (TPSA) is 62.9 Å². The molecule has 0 atom stereocenters. The minimum atomic E-state index is -0.587. The second-order valence-corrected chi connectivity index (χ2v) is 8.98. The minimum Gasteiger partial charge on any atom is -0.294 e. The molecule has 0 saturated carbocycles. The molecule has 3 rings (SSSR count). The molecule has 0 spiro atoms. The Balaban J connectivity index is 2.21. The number of hydrogen-bond donors (Lipinski definition) is 0. The van der Waals surface area contributed by atoms with E-state index in [9.17, 15) is 19.2 Å². The van der Waals surface area contributed by atoms with Crippen LogP contribution in [-0.2, 0) is 11.3 Å². The number of carbonyl (C=O) groups is 1. The lowest BCUT2D eigenvalue weighted by Crippen LogP contribution is -2.33. The molecular weight excluding hydrogens is 399 g/mol. The SMILES string of the molecule is CC(C)(C)C(=O)/C=c1\s/c(=C\c2ccc(F)cc2)c(=O)n1Cc1ccccc1C#N. The lowest BCUT2D eigenvalue weighted by Gasteiger charge is -2.13. The highest BCUT2D eigenvalue weighted by molar-refractivity contribution is 7.07. The van der Waals surface area contributed by atoms with E-state index in [1.165, 1.54) is 34.1 Å². The van der Waals surface area contributed by atoms with Gasteiger partial charge in [0.1, 0.15) is 10.5 Å². The smallest absolute Gasteiger partial charge is 0.269 e. The first kappa shape index (κ1) is 21.4. The largest absolute Gasteiger partial charge is 0.294 e. The number of halogens is 1. The Bertz CT molecular complexity index is 1300. The third-order valence-corrected chi connectivity index (χ3v) is 5.62. The molecule has 30 heavy (non-hydrogen) atoms. The molecule has 0 radical (unpaired) electrons. The van der Waals surface area contributed by atoms with E-state index in [0.717, 1.165) is 0 Å². The predicted molar refractivity (Wildman–Crippen MR) is 117 cm³/mol. The first-order valence-electron chi connectivity index (χ1n) is 9.40. The summed E-state index contributed by atoms with van der Waals surface area (Å²) < 4.78 is 15.7. The van der Waals surface area contributed by atoms with Crippen LogP contribution >= 0.6 is 11.3 Å². The van der Waals surface area contributed by atoms with Crippen LogP contribution < -0.4 is 14.8 Å². The number of benzene rings is 2. The van der Waals surface area contributed by atoms with E-state index < -0.39 is 5.41 Å². The monoisotopic (exact) mass is 420 g/mol. The summed E-state index contributed by atoms with van der Waals surface area (Å²) in [5.74, 6) is -0.451. The summed E-state index contributed by atoms with van der Waals surface area (Å²) in [6, 6.07) is 15.0. The molecule has 0 aliphatic heterocycles. The summed E-state index contributed by atoms with van der Waals surface area (Å²) in [5.41, 5.74) is 1.02. The van der Waals surface area contributed by atoms with Crippen LogP contribution in [0.1, 0.15) is 37.5 Å². The van der Waals surface area contributed by atoms with Crippen LogP contribution in [0.2, 0.25) is 0 Å². The summed E-state index contributed by atoms with van der Waals surface area (Å²) >= 11 is 1.20. The lowest BCUT2D eigenvalue weighted by molar-refractivity contribution is -0.120. The van der Waals surface area contributed by atoms with Gasteiger partial charge in [0.05, 0.1) is 22.7 Å². The van der Waals surface area contributed by atoms with E-state index in [2.05, 4.69) is 6.07 Å². The molecule has 0 aliphatic rings. The average molecular weight is 421 g/mol. The number of nitrogens with zero attached hydrogens (tertiary/aromatic N) is 2. The number of thiazole rings is 1. The van der Waals surface area contributed by atoms with Gasteiger partial charge in [-0.1, -0.05) is 51.1 Å². The molecule has 0 unspecified atom stereocenters. The molecule has 152 valence electrons. The number of nitriles is 1. The molecule has 0 aliphatic carbocycles. The van der Waals surface area contributed by atoms with Gasteiger partial charge in [0, 0.05) is 11.5 Å². The molecular formula is C24H21FN2O2S. The van der Waals surface area contributed by atoms with Crippen LogP contribution in [0.4, 0.5) is 4.39 Å². The van der Waals surface area contributed by atoms with Gasteiger partial charge in [0.15, 0.2) is 5.78 Å². The van der Waals surface area contributed by atoms with E-state index in [1.807, 2.05) is 26.8 Å². The van der Waals surface area contributed by atoms with E-state index >= 15 is 0 Å². The van der Waals surface area contributed by atoms with Crippen LogP contribution in [0.5, 0.6) is 0 Å². The summed E-state index contributed by atoms with van der Waals surface area (Å²) in [7, 11) is 0. The van der Waals surface area contributed by atoms with Gasteiger partial charge < -0.3 is 0 Å². The third kappa shape index (κ3) is 4.81. The van der Waals surface area contributed by atoms with Gasteiger partial charge in [-0.05, 0) is 35.4 Å². The normalized spacial score (nSPS) is 12.8. The number of rotatable bonds is 4. The van der Waals surface area contributed by atoms with Crippen molar-refractivity contribution in [3.8, 4) is 6.07 Å². The zero-order valence-corrected chi connectivity index (χ0v) is 17.8. The summed E-state index contributed by atoms with van der Waals surface area (Å²) in [6.07, 6.45) is 3.17. The van der Waals surface area contributed by atoms with E-state index in [1.54, 1.807) is 36.4 Å². The van der Waals surface area contributed by atoms with Crippen LogP contribution in [0.15, 0.2) is 53.3 Å². The molecule has 0 saturated heterocycles.